The molecule has 0 saturated carbocycles. The van der Waals surface area contributed by atoms with Crippen molar-refractivity contribution >= 4 is 34.7 Å². The highest BCUT2D eigenvalue weighted by Crippen LogP contribution is 2.23. The first-order chi connectivity index (χ1) is 16.4. The summed E-state index contributed by atoms with van der Waals surface area (Å²) in [4.78, 5) is 45.2. The lowest BCUT2D eigenvalue weighted by Gasteiger charge is -2.34. The molecule has 2 heterocycles. The van der Waals surface area contributed by atoms with Gasteiger partial charge in [0.2, 0.25) is 0 Å². The number of carbonyl (C=O) groups excluding carboxylic acids is 2. The molecule has 1 aromatic heterocycles. The molecule has 2 aromatic carbocycles. The number of benzene rings is 2. The Labute approximate surface area is 196 Å². The summed E-state index contributed by atoms with van der Waals surface area (Å²) in [6.07, 6.45) is 3.46. The van der Waals surface area contributed by atoms with Crippen molar-refractivity contribution in [3.63, 3.8) is 0 Å². The van der Waals surface area contributed by atoms with E-state index in [1.54, 1.807) is 40.4 Å². The molecule has 1 N–H and O–H groups in total. The van der Waals surface area contributed by atoms with Gasteiger partial charge in [-0.05, 0) is 42.5 Å². The van der Waals surface area contributed by atoms with Crippen LogP contribution in [0.4, 0.5) is 27.5 Å². The van der Waals surface area contributed by atoms with Gasteiger partial charge < -0.3 is 20.0 Å². The highest BCUT2D eigenvalue weighted by molar-refractivity contribution is 5.95. The topological polar surface area (TPSA) is 112 Å². The van der Waals surface area contributed by atoms with Crippen LogP contribution in [0.1, 0.15) is 10.4 Å². The molecule has 10 nitrogen and oxygen atoms in total. The molecule has 1 aliphatic heterocycles. The molecule has 1 fully saturated rings. The quantitative estimate of drug-likeness (QED) is 0.458. The van der Waals surface area contributed by atoms with Gasteiger partial charge in [0.25, 0.3) is 11.6 Å². The molecule has 0 bridgehead atoms. The van der Waals surface area contributed by atoms with Gasteiger partial charge in [-0.2, -0.15) is 0 Å². The average molecular weight is 460 g/mol. The highest BCUT2D eigenvalue weighted by atomic mass is 16.6. The van der Waals surface area contributed by atoms with E-state index in [0.717, 1.165) is 11.4 Å². The van der Waals surface area contributed by atoms with E-state index in [1.807, 2.05) is 36.2 Å². The number of anilines is 3. The fraction of sp³-hybridized carbons (Fsp3) is 0.208. The van der Waals surface area contributed by atoms with Crippen LogP contribution >= 0.6 is 0 Å². The lowest BCUT2D eigenvalue weighted by Crippen LogP contribution is -2.51. The number of nitro groups is 1. The Morgan fingerprint density at radius 2 is 1.56 bits per heavy atom. The highest BCUT2D eigenvalue weighted by Gasteiger charge is 2.25. The van der Waals surface area contributed by atoms with Crippen molar-refractivity contribution in [3.8, 4) is 0 Å². The maximum absolute atomic E-state index is 12.9. The number of hydrogen-bond acceptors (Lipinski definition) is 6. The van der Waals surface area contributed by atoms with E-state index in [9.17, 15) is 19.7 Å². The number of urea groups is 1. The first kappa shape index (κ1) is 22.7. The summed E-state index contributed by atoms with van der Waals surface area (Å²) in [7, 11) is 1.95. The van der Waals surface area contributed by atoms with Crippen molar-refractivity contribution in [1.29, 1.82) is 0 Å². The number of non-ortho nitro benzene ring substituents is 1. The molecule has 3 aromatic rings. The maximum atomic E-state index is 12.9. The molecule has 1 saturated heterocycles. The van der Waals surface area contributed by atoms with Crippen molar-refractivity contribution in [1.82, 2.24) is 14.8 Å². The monoisotopic (exact) mass is 460 g/mol. The molecule has 0 atom stereocenters. The predicted octanol–water partition coefficient (Wildman–Crippen LogP) is 3.75. The van der Waals surface area contributed by atoms with E-state index in [2.05, 4.69) is 10.3 Å². The summed E-state index contributed by atoms with van der Waals surface area (Å²) in [5.41, 5.74) is 2.79. The van der Waals surface area contributed by atoms with Gasteiger partial charge in [-0.3, -0.25) is 19.9 Å². The second-order valence-electron chi connectivity index (χ2n) is 7.83. The standard InChI is InChI=1S/C24H24N6O4/c1-27(21-9-11-25-12-10-21)20-7-5-18(6-8-20)23(31)28-13-15-29(16-14-28)24(32)26-19-3-2-4-22(17-19)30(33)34/h2-12,17H,13-16H2,1H3,(H,26,32). The van der Waals surface area contributed by atoms with Crippen LogP contribution in [0.25, 0.3) is 0 Å². The Balaban J connectivity index is 1.32. The van der Waals surface area contributed by atoms with Gasteiger partial charge in [-0.25, -0.2) is 4.79 Å². The summed E-state index contributed by atoms with van der Waals surface area (Å²) in [5.74, 6) is -0.0862. The number of carbonyl (C=O) groups is 2. The Bertz CT molecular complexity index is 1180. The number of nitrogens with zero attached hydrogens (tertiary/aromatic N) is 5. The van der Waals surface area contributed by atoms with E-state index in [0.29, 0.717) is 37.4 Å². The van der Waals surface area contributed by atoms with Crippen molar-refractivity contribution in [2.75, 3.05) is 43.4 Å². The van der Waals surface area contributed by atoms with E-state index >= 15 is 0 Å². The van der Waals surface area contributed by atoms with Crippen molar-refractivity contribution in [2.24, 2.45) is 0 Å². The average Bonchev–Trinajstić information content (AvgIpc) is 2.88. The lowest BCUT2D eigenvalue weighted by molar-refractivity contribution is -0.384. The molecule has 0 aliphatic carbocycles. The number of rotatable bonds is 5. The summed E-state index contributed by atoms with van der Waals surface area (Å²) in [5, 5.41) is 13.6. The van der Waals surface area contributed by atoms with Crippen LogP contribution in [0, 0.1) is 10.1 Å². The summed E-state index contributed by atoms with van der Waals surface area (Å²) >= 11 is 0. The van der Waals surface area contributed by atoms with Crippen LogP contribution in [0.5, 0.6) is 0 Å². The molecule has 34 heavy (non-hydrogen) atoms. The van der Waals surface area contributed by atoms with Crippen LogP contribution in [0.15, 0.2) is 73.1 Å². The Morgan fingerprint density at radius 3 is 2.21 bits per heavy atom. The zero-order valence-corrected chi connectivity index (χ0v) is 18.6. The number of piperazine rings is 1. The van der Waals surface area contributed by atoms with E-state index in [1.165, 1.54) is 18.2 Å². The molecule has 0 unspecified atom stereocenters. The number of aromatic nitrogens is 1. The van der Waals surface area contributed by atoms with Crippen molar-refractivity contribution in [2.45, 2.75) is 0 Å². The fourth-order valence-corrected chi connectivity index (χ4v) is 3.74. The first-order valence-electron chi connectivity index (χ1n) is 10.8. The van der Waals surface area contributed by atoms with E-state index in [4.69, 9.17) is 0 Å². The van der Waals surface area contributed by atoms with Gasteiger partial charge >= 0.3 is 6.03 Å². The van der Waals surface area contributed by atoms with Crippen molar-refractivity contribution < 1.29 is 14.5 Å². The van der Waals surface area contributed by atoms with E-state index < -0.39 is 4.92 Å². The number of nitrogens with one attached hydrogen (secondary N) is 1. The third kappa shape index (κ3) is 5.12. The molecule has 0 radical (unpaired) electrons. The minimum atomic E-state index is -0.510. The smallest absolute Gasteiger partial charge is 0.321 e. The van der Waals surface area contributed by atoms with Gasteiger partial charge in [0.1, 0.15) is 0 Å². The van der Waals surface area contributed by atoms with Crippen LogP contribution < -0.4 is 10.2 Å². The van der Waals surface area contributed by atoms with E-state index in [-0.39, 0.29) is 17.6 Å². The third-order valence-corrected chi connectivity index (χ3v) is 5.71. The fourth-order valence-electron chi connectivity index (χ4n) is 3.74. The third-order valence-electron chi connectivity index (χ3n) is 5.71. The molecule has 10 heteroatoms. The Hall–Kier alpha value is -4.47. The zero-order chi connectivity index (χ0) is 24.1. The van der Waals surface area contributed by atoms with Gasteiger partial charge in [-0.15, -0.1) is 0 Å². The Kier molecular flexibility index (Phi) is 6.67. The number of nitro benzene ring substituents is 1. The molecule has 4 rings (SSSR count). The lowest BCUT2D eigenvalue weighted by atomic mass is 10.1. The molecule has 1 aliphatic rings. The zero-order valence-electron chi connectivity index (χ0n) is 18.6. The second kappa shape index (κ2) is 9.99. The molecule has 3 amide bonds. The van der Waals surface area contributed by atoms with Crippen LogP contribution in [0.2, 0.25) is 0 Å². The normalized spacial score (nSPS) is 13.3. The van der Waals surface area contributed by atoms with Gasteiger partial charge in [0.05, 0.1) is 4.92 Å². The van der Waals surface area contributed by atoms with Gasteiger partial charge in [-0.1, -0.05) is 6.07 Å². The van der Waals surface area contributed by atoms with Crippen LogP contribution in [-0.4, -0.2) is 64.9 Å². The minimum Gasteiger partial charge on any atom is -0.345 e. The number of pyridine rings is 1. The largest absolute Gasteiger partial charge is 0.345 e. The summed E-state index contributed by atoms with van der Waals surface area (Å²) in [6.45, 7) is 1.55. The second-order valence-corrected chi connectivity index (χ2v) is 7.83. The SMILES string of the molecule is CN(c1ccncc1)c1ccc(C(=O)N2CCN(C(=O)Nc3cccc([N+](=O)[O-])c3)CC2)cc1. The predicted molar refractivity (Wildman–Crippen MR) is 128 cm³/mol. The summed E-state index contributed by atoms with van der Waals surface area (Å²) in [6, 6.07) is 16.7. The number of amides is 3. The van der Waals surface area contributed by atoms with Crippen LogP contribution in [0.3, 0.4) is 0 Å². The molecule has 0 spiro atoms. The summed E-state index contributed by atoms with van der Waals surface area (Å²) < 4.78 is 0. The minimum absolute atomic E-state index is 0.0862. The molecular weight excluding hydrogens is 436 g/mol. The Morgan fingerprint density at radius 1 is 0.941 bits per heavy atom. The molecular formula is C24H24N6O4. The maximum Gasteiger partial charge on any atom is 0.321 e. The van der Waals surface area contributed by atoms with Gasteiger partial charge in [0, 0.05) is 80.4 Å². The number of hydrogen-bond donors (Lipinski definition) is 1. The van der Waals surface area contributed by atoms with Gasteiger partial charge in [0.15, 0.2) is 0 Å². The molecule has 174 valence electrons. The van der Waals surface area contributed by atoms with Crippen molar-refractivity contribution in [3.05, 3.63) is 88.7 Å². The van der Waals surface area contributed by atoms with Crippen LogP contribution in [-0.2, 0) is 0 Å². The first-order valence-corrected chi connectivity index (χ1v) is 10.8.